The lowest BCUT2D eigenvalue weighted by molar-refractivity contribution is 0.212. The second-order valence-electron chi connectivity index (χ2n) is 5.03. The Morgan fingerprint density at radius 3 is 2.24 bits per heavy atom. The number of aryl methyl sites for hydroxylation is 1. The molecule has 0 fully saturated rings. The molecule has 0 aliphatic carbocycles. The summed E-state index contributed by atoms with van der Waals surface area (Å²) in [5.74, 6) is -0.950. The first-order chi connectivity index (χ1) is 10.2. The van der Waals surface area contributed by atoms with E-state index in [0.29, 0.717) is 12.0 Å². The average molecular weight is 316 g/mol. The van der Waals surface area contributed by atoms with E-state index >= 15 is 0 Å². The normalized spacial score (nSPS) is 11.3. The second kappa shape index (κ2) is 10.9. The molecule has 0 saturated heterocycles. The van der Waals surface area contributed by atoms with Gasteiger partial charge in [0.1, 0.15) is 11.6 Å². The van der Waals surface area contributed by atoms with Gasteiger partial charge in [0.05, 0.1) is 0 Å². The third-order valence-corrected chi connectivity index (χ3v) is 5.65. The van der Waals surface area contributed by atoms with E-state index in [2.05, 4.69) is 0 Å². The summed E-state index contributed by atoms with van der Waals surface area (Å²) in [6, 6.07) is 4.85. The van der Waals surface area contributed by atoms with Gasteiger partial charge in [-0.25, -0.2) is 8.78 Å². The Bertz CT molecular complexity index is 396. The highest BCUT2D eigenvalue weighted by Crippen LogP contribution is 2.14. The summed E-state index contributed by atoms with van der Waals surface area (Å²) >= 11 is 0. The van der Waals surface area contributed by atoms with E-state index in [1.54, 1.807) is 0 Å². The van der Waals surface area contributed by atoms with Gasteiger partial charge in [0.15, 0.2) is 0 Å². The van der Waals surface area contributed by atoms with Crippen molar-refractivity contribution in [1.29, 1.82) is 0 Å². The van der Waals surface area contributed by atoms with Crippen LogP contribution < -0.4 is 0 Å². The summed E-state index contributed by atoms with van der Waals surface area (Å²) in [5, 5.41) is 0. The Balaban J connectivity index is 2.13. The molecule has 2 nitrogen and oxygen atoms in total. The Labute approximate surface area is 128 Å². The van der Waals surface area contributed by atoms with Crippen LogP contribution in [0.4, 0.5) is 8.78 Å². The van der Waals surface area contributed by atoms with Crippen LogP contribution >= 0.6 is 0 Å². The van der Waals surface area contributed by atoms with Crippen LogP contribution in [0.25, 0.3) is 0 Å². The molecule has 0 unspecified atom stereocenters. The molecule has 5 heteroatoms. The highest BCUT2D eigenvalue weighted by molar-refractivity contribution is 6.44. The van der Waals surface area contributed by atoms with E-state index < -0.39 is 20.9 Å². The maximum atomic E-state index is 13.4. The lowest BCUT2D eigenvalue weighted by Gasteiger charge is -2.14. The van der Waals surface area contributed by atoms with Crippen LogP contribution in [0, 0.1) is 11.6 Å². The molecule has 1 aromatic rings. The highest BCUT2D eigenvalue weighted by atomic mass is 28.3. The topological polar surface area (TPSA) is 18.5 Å². The van der Waals surface area contributed by atoms with E-state index in [0.717, 1.165) is 51.0 Å². The zero-order valence-electron chi connectivity index (χ0n) is 13.0. The average Bonchev–Trinajstić information content (AvgIpc) is 2.45. The van der Waals surface area contributed by atoms with Gasteiger partial charge in [-0.1, -0.05) is 25.3 Å². The Hall–Kier alpha value is -0.783. The molecular formula is C16H26F2O2Si. The summed E-state index contributed by atoms with van der Waals surface area (Å²) in [6.07, 6.45) is 4.85. The molecule has 1 rings (SSSR count). The van der Waals surface area contributed by atoms with Crippen molar-refractivity contribution in [2.75, 3.05) is 13.2 Å². The fraction of sp³-hybridized carbons (Fsp3) is 0.625. The highest BCUT2D eigenvalue weighted by Gasteiger charge is 2.11. The molecule has 21 heavy (non-hydrogen) atoms. The lowest BCUT2D eigenvalue weighted by Crippen LogP contribution is -2.22. The fourth-order valence-electron chi connectivity index (χ4n) is 2.29. The maximum absolute atomic E-state index is 13.4. The molecule has 120 valence electrons. The van der Waals surface area contributed by atoms with Crippen molar-refractivity contribution in [3.05, 3.63) is 35.4 Å². The lowest BCUT2D eigenvalue weighted by atomic mass is 10.1. The monoisotopic (exact) mass is 316 g/mol. The Morgan fingerprint density at radius 2 is 1.62 bits per heavy atom. The van der Waals surface area contributed by atoms with Crippen molar-refractivity contribution in [2.24, 2.45) is 0 Å². The van der Waals surface area contributed by atoms with E-state index in [1.807, 2.05) is 13.8 Å². The van der Waals surface area contributed by atoms with E-state index in [1.165, 1.54) is 12.1 Å². The predicted octanol–water partition coefficient (Wildman–Crippen LogP) is 4.36. The first kappa shape index (κ1) is 18.3. The summed E-state index contributed by atoms with van der Waals surface area (Å²) in [6.45, 7) is 5.44. The van der Waals surface area contributed by atoms with Crippen LogP contribution in [-0.4, -0.2) is 22.5 Å². The molecule has 0 aliphatic heterocycles. The van der Waals surface area contributed by atoms with Crippen LogP contribution in [0.15, 0.2) is 18.2 Å². The van der Waals surface area contributed by atoms with Gasteiger partial charge in [-0.2, -0.15) is 0 Å². The molecule has 0 N–H and O–H groups in total. The minimum Gasteiger partial charge on any atom is -0.397 e. The number of hydrogen-bond acceptors (Lipinski definition) is 2. The smallest absolute Gasteiger partial charge is 0.321 e. The Kier molecular flexibility index (Phi) is 9.46. The molecule has 1 aromatic carbocycles. The van der Waals surface area contributed by atoms with E-state index in [-0.39, 0.29) is 0 Å². The predicted molar refractivity (Wildman–Crippen MR) is 83.7 cm³/mol. The van der Waals surface area contributed by atoms with Gasteiger partial charge in [-0.15, -0.1) is 0 Å². The zero-order chi connectivity index (χ0) is 15.5. The summed E-state index contributed by atoms with van der Waals surface area (Å²) in [7, 11) is -1.46. The Morgan fingerprint density at radius 1 is 0.952 bits per heavy atom. The quantitative estimate of drug-likeness (QED) is 0.446. The largest absolute Gasteiger partial charge is 0.397 e. The number of benzene rings is 1. The number of rotatable bonds is 11. The van der Waals surface area contributed by atoms with E-state index in [4.69, 9.17) is 8.85 Å². The first-order valence-corrected chi connectivity index (χ1v) is 9.60. The van der Waals surface area contributed by atoms with Crippen molar-refractivity contribution in [1.82, 2.24) is 0 Å². The maximum Gasteiger partial charge on any atom is 0.321 e. The van der Waals surface area contributed by atoms with Gasteiger partial charge in [0.25, 0.3) is 0 Å². The zero-order valence-corrected chi connectivity index (χ0v) is 14.2. The van der Waals surface area contributed by atoms with Crippen LogP contribution in [0.1, 0.15) is 45.1 Å². The van der Waals surface area contributed by atoms with Crippen molar-refractivity contribution in [3.63, 3.8) is 0 Å². The van der Waals surface area contributed by atoms with Crippen LogP contribution in [0.5, 0.6) is 0 Å². The standard InChI is InChI=1S/C16H26F2O2Si/c1-3-19-21(20-4-2)12-8-6-5-7-9-14-10-11-15(17)13-16(14)18/h10-11,13,21H,3-9,12H2,1-2H3. The SMILES string of the molecule is CCO[SiH](CCCCCCc1ccc(F)cc1F)OCC. The molecule has 0 atom stereocenters. The molecule has 0 saturated carbocycles. The summed E-state index contributed by atoms with van der Waals surface area (Å²) in [4.78, 5) is 0. The third kappa shape index (κ3) is 7.69. The number of halogens is 2. The van der Waals surface area contributed by atoms with Crippen LogP contribution in [0.2, 0.25) is 6.04 Å². The summed E-state index contributed by atoms with van der Waals surface area (Å²) < 4.78 is 37.4. The molecule has 0 spiro atoms. The summed E-state index contributed by atoms with van der Waals surface area (Å²) in [5.41, 5.74) is 0.604. The fourth-order valence-corrected chi connectivity index (χ4v) is 4.09. The molecule has 0 amide bonds. The van der Waals surface area contributed by atoms with Gasteiger partial charge in [0, 0.05) is 19.3 Å². The third-order valence-electron chi connectivity index (χ3n) is 3.36. The van der Waals surface area contributed by atoms with Crippen LogP contribution in [-0.2, 0) is 15.3 Å². The van der Waals surface area contributed by atoms with Crippen molar-refractivity contribution in [3.8, 4) is 0 Å². The van der Waals surface area contributed by atoms with Gasteiger partial charge in [-0.05, 0) is 44.4 Å². The molecule has 0 radical (unpaired) electrons. The van der Waals surface area contributed by atoms with Crippen molar-refractivity contribution < 1.29 is 17.6 Å². The van der Waals surface area contributed by atoms with Gasteiger partial charge in [0.2, 0.25) is 0 Å². The minimum absolute atomic E-state index is 0.435. The number of hydrogen-bond donors (Lipinski definition) is 0. The molecule has 0 aromatic heterocycles. The number of unbranched alkanes of at least 4 members (excludes halogenated alkanes) is 3. The van der Waals surface area contributed by atoms with Gasteiger partial charge in [-0.3, -0.25) is 0 Å². The van der Waals surface area contributed by atoms with Crippen molar-refractivity contribution in [2.45, 2.75) is 52.0 Å². The minimum atomic E-state index is -1.46. The second-order valence-corrected chi connectivity index (χ2v) is 7.13. The van der Waals surface area contributed by atoms with Gasteiger partial charge < -0.3 is 8.85 Å². The molecular weight excluding hydrogens is 290 g/mol. The van der Waals surface area contributed by atoms with Crippen molar-refractivity contribution >= 4 is 9.28 Å². The molecule has 0 aliphatic rings. The first-order valence-electron chi connectivity index (χ1n) is 7.84. The molecule has 0 bridgehead atoms. The molecule has 0 heterocycles. The van der Waals surface area contributed by atoms with Crippen LogP contribution in [0.3, 0.4) is 0 Å². The van der Waals surface area contributed by atoms with E-state index in [9.17, 15) is 8.78 Å². The van der Waals surface area contributed by atoms with Gasteiger partial charge >= 0.3 is 9.28 Å².